The molecule has 88 valence electrons. The normalized spacial score (nSPS) is 17.5. The molecule has 16 heavy (non-hydrogen) atoms. The second-order valence-corrected chi connectivity index (χ2v) is 4.38. The van der Waals surface area contributed by atoms with Crippen LogP contribution >= 0.6 is 0 Å². The summed E-state index contributed by atoms with van der Waals surface area (Å²) in [6, 6.07) is 0.472. The largest absolute Gasteiger partial charge is 0.481 e. The number of aryl methyl sites for hydroxylation is 1. The van der Waals surface area contributed by atoms with E-state index in [1.165, 1.54) is 32.1 Å². The maximum absolute atomic E-state index is 10.4. The van der Waals surface area contributed by atoms with Gasteiger partial charge in [-0.05, 0) is 12.8 Å². The van der Waals surface area contributed by atoms with Crippen LogP contribution in [-0.4, -0.2) is 26.1 Å². The van der Waals surface area contributed by atoms with Crippen molar-refractivity contribution in [3.8, 4) is 0 Å². The summed E-state index contributed by atoms with van der Waals surface area (Å²) in [5.41, 5.74) is 0.785. The fraction of sp³-hybridized carbons (Fsp3) is 0.727. The number of carboxylic acid groups (broad SMARTS) is 1. The number of hydrogen-bond donors (Lipinski definition) is 1. The fourth-order valence-electron chi connectivity index (χ4n) is 2.19. The number of aliphatic carboxylic acids is 1. The van der Waals surface area contributed by atoms with Crippen molar-refractivity contribution in [2.75, 3.05) is 0 Å². The molecule has 0 aromatic carbocycles. The highest BCUT2D eigenvalue weighted by atomic mass is 16.4. The summed E-state index contributed by atoms with van der Waals surface area (Å²) >= 11 is 0. The van der Waals surface area contributed by atoms with Crippen LogP contribution in [0.4, 0.5) is 0 Å². The molecule has 1 heterocycles. The molecule has 5 heteroatoms. The Hall–Kier alpha value is -1.39. The molecule has 0 saturated heterocycles. The average molecular weight is 223 g/mol. The predicted molar refractivity (Wildman–Crippen MR) is 58.1 cm³/mol. The van der Waals surface area contributed by atoms with Crippen molar-refractivity contribution in [2.24, 2.45) is 0 Å². The Balaban J connectivity index is 1.93. The van der Waals surface area contributed by atoms with Crippen LogP contribution in [0.25, 0.3) is 0 Å². The predicted octanol–water partition coefficient (Wildman–Crippen LogP) is 1.80. The monoisotopic (exact) mass is 223 g/mol. The zero-order valence-corrected chi connectivity index (χ0v) is 9.30. The lowest BCUT2D eigenvalue weighted by Crippen LogP contribution is -2.13. The second kappa shape index (κ2) is 5.09. The lowest BCUT2D eigenvalue weighted by molar-refractivity contribution is -0.136. The highest BCUT2D eigenvalue weighted by molar-refractivity contribution is 5.66. The molecule has 1 aromatic heterocycles. The van der Waals surface area contributed by atoms with Gasteiger partial charge in [-0.3, -0.25) is 4.79 Å². The van der Waals surface area contributed by atoms with Crippen molar-refractivity contribution < 1.29 is 9.90 Å². The van der Waals surface area contributed by atoms with Crippen LogP contribution in [-0.2, 0) is 11.2 Å². The van der Waals surface area contributed by atoms with Crippen LogP contribution in [0.3, 0.4) is 0 Å². The number of hydrogen-bond acceptors (Lipinski definition) is 3. The average Bonchev–Trinajstić information content (AvgIpc) is 2.76. The molecule has 2 rings (SSSR count). The van der Waals surface area contributed by atoms with Crippen LogP contribution < -0.4 is 0 Å². The van der Waals surface area contributed by atoms with Gasteiger partial charge in [-0.15, -0.1) is 5.10 Å². The third-order valence-electron chi connectivity index (χ3n) is 3.10. The molecule has 0 aliphatic heterocycles. The Labute approximate surface area is 94.5 Å². The smallest absolute Gasteiger partial charge is 0.303 e. The molecule has 0 spiro atoms. The Morgan fingerprint density at radius 3 is 2.88 bits per heavy atom. The quantitative estimate of drug-likeness (QED) is 0.845. The summed E-state index contributed by atoms with van der Waals surface area (Å²) in [5, 5.41) is 16.7. The Morgan fingerprint density at radius 2 is 2.19 bits per heavy atom. The Morgan fingerprint density at radius 1 is 1.44 bits per heavy atom. The van der Waals surface area contributed by atoms with E-state index in [2.05, 4.69) is 10.3 Å². The molecule has 1 aromatic rings. The third kappa shape index (κ3) is 2.81. The van der Waals surface area contributed by atoms with Gasteiger partial charge in [0.2, 0.25) is 0 Å². The van der Waals surface area contributed by atoms with Gasteiger partial charge in [0.15, 0.2) is 0 Å². The van der Waals surface area contributed by atoms with Gasteiger partial charge >= 0.3 is 5.97 Å². The van der Waals surface area contributed by atoms with Gasteiger partial charge in [0.1, 0.15) is 0 Å². The number of carbonyl (C=O) groups is 1. The molecule has 0 unspecified atom stereocenters. The van der Waals surface area contributed by atoms with Gasteiger partial charge in [-0.1, -0.05) is 24.5 Å². The first-order valence-corrected chi connectivity index (χ1v) is 5.88. The van der Waals surface area contributed by atoms with E-state index in [1.54, 1.807) is 0 Å². The van der Waals surface area contributed by atoms with Gasteiger partial charge < -0.3 is 5.11 Å². The molecule has 0 radical (unpaired) electrons. The van der Waals surface area contributed by atoms with Crippen LogP contribution in [0, 0.1) is 0 Å². The molecular formula is C11H17N3O2. The van der Waals surface area contributed by atoms with Crippen LogP contribution in [0.1, 0.15) is 50.3 Å². The number of rotatable bonds is 4. The minimum Gasteiger partial charge on any atom is -0.481 e. The summed E-state index contributed by atoms with van der Waals surface area (Å²) < 4.78 is 1.91. The maximum Gasteiger partial charge on any atom is 0.303 e. The molecular weight excluding hydrogens is 206 g/mol. The second-order valence-electron chi connectivity index (χ2n) is 4.38. The third-order valence-corrected chi connectivity index (χ3v) is 3.10. The van der Waals surface area contributed by atoms with Crippen molar-refractivity contribution in [1.82, 2.24) is 15.0 Å². The highest BCUT2D eigenvalue weighted by Gasteiger charge is 2.16. The first-order chi connectivity index (χ1) is 7.75. The SMILES string of the molecule is O=C(O)CCc1cn(C2CCCCC2)nn1. The van der Waals surface area contributed by atoms with Crippen LogP contribution in [0.15, 0.2) is 6.20 Å². The van der Waals surface area contributed by atoms with E-state index in [9.17, 15) is 4.79 Å². The zero-order chi connectivity index (χ0) is 11.4. The molecule has 5 nitrogen and oxygen atoms in total. The van der Waals surface area contributed by atoms with Gasteiger partial charge in [0.05, 0.1) is 18.2 Å². The van der Waals surface area contributed by atoms with Crippen LogP contribution in [0.5, 0.6) is 0 Å². The lowest BCUT2D eigenvalue weighted by atomic mass is 9.96. The number of aromatic nitrogens is 3. The van der Waals surface area contributed by atoms with Crippen molar-refractivity contribution in [3.63, 3.8) is 0 Å². The van der Waals surface area contributed by atoms with Crippen molar-refractivity contribution in [2.45, 2.75) is 51.0 Å². The van der Waals surface area contributed by atoms with Crippen molar-refractivity contribution in [1.29, 1.82) is 0 Å². The summed E-state index contributed by atoms with van der Waals surface area (Å²) in [4.78, 5) is 10.4. The van der Waals surface area contributed by atoms with Crippen molar-refractivity contribution >= 4 is 5.97 Å². The minimum absolute atomic E-state index is 0.128. The maximum atomic E-state index is 10.4. The Kier molecular flexibility index (Phi) is 3.54. The molecule has 0 amide bonds. The van der Waals surface area contributed by atoms with Crippen LogP contribution in [0.2, 0.25) is 0 Å². The summed E-state index contributed by atoms with van der Waals surface area (Å²) in [7, 11) is 0. The van der Waals surface area contributed by atoms with Gasteiger partial charge in [0, 0.05) is 12.6 Å². The van der Waals surface area contributed by atoms with E-state index in [-0.39, 0.29) is 6.42 Å². The minimum atomic E-state index is -0.785. The van der Waals surface area contributed by atoms with E-state index < -0.39 is 5.97 Å². The van der Waals surface area contributed by atoms with Crippen molar-refractivity contribution in [3.05, 3.63) is 11.9 Å². The van der Waals surface area contributed by atoms with E-state index >= 15 is 0 Å². The van der Waals surface area contributed by atoms with Gasteiger partial charge in [-0.25, -0.2) is 4.68 Å². The number of nitrogens with zero attached hydrogens (tertiary/aromatic N) is 3. The number of carboxylic acids is 1. The van der Waals surface area contributed by atoms with E-state index in [0.29, 0.717) is 12.5 Å². The molecule has 0 bridgehead atoms. The summed E-state index contributed by atoms with van der Waals surface area (Å²) in [5.74, 6) is -0.785. The summed E-state index contributed by atoms with van der Waals surface area (Å²) in [6.45, 7) is 0. The fourth-order valence-corrected chi connectivity index (χ4v) is 2.19. The standard InChI is InChI=1S/C11H17N3O2/c15-11(16)7-6-9-8-14(13-12-9)10-4-2-1-3-5-10/h8,10H,1-7H2,(H,15,16). The molecule has 1 aliphatic rings. The van der Waals surface area contributed by atoms with Gasteiger partial charge in [0.25, 0.3) is 0 Å². The summed E-state index contributed by atoms with van der Waals surface area (Å²) in [6.07, 6.45) is 8.68. The topological polar surface area (TPSA) is 68.0 Å². The molecule has 0 atom stereocenters. The lowest BCUT2D eigenvalue weighted by Gasteiger charge is -2.20. The van der Waals surface area contributed by atoms with Gasteiger partial charge in [-0.2, -0.15) is 0 Å². The molecule has 1 saturated carbocycles. The van der Waals surface area contributed by atoms with E-state index in [1.807, 2.05) is 10.9 Å². The van der Waals surface area contributed by atoms with E-state index in [4.69, 9.17) is 5.11 Å². The highest BCUT2D eigenvalue weighted by Crippen LogP contribution is 2.27. The molecule has 1 N–H and O–H groups in total. The first-order valence-electron chi connectivity index (χ1n) is 5.88. The first kappa shape index (κ1) is 11.1. The zero-order valence-electron chi connectivity index (χ0n) is 9.30. The van der Waals surface area contributed by atoms with E-state index in [0.717, 1.165) is 5.69 Å². The molecule has 1 aliphatic carbocycles. The Bertz CT molecular complexity index is 356. The molecule has 1 fully saturated rings.